The molecule has 0 saturated heterocycles. The summed E-state index contributed by atoms with van der Waals surface area (Å²) in [7, 11) is 1.88. The van der Waals surface area contributed by atoms with Crippen LogP contribution in [0.2, 0.25) is 0 Å². The Morgan fingerprint density at radius 3 is 2.82 bits per heavy atom. The van der Waals surface area contributed by atoms with E-state index in [0.29, 0.717) is 10.4 Å². The van der Waals surface area contributed by atoms with Crippen molar-refractivity contribution in [2.75, 3.05) is 0 Å². The first-order chi connectivity index (χ1) is 10.6. The summed E-state index contributed by atoms with van der Waals surface area (Å²) in [4.78, 5) is 16.7. The second-order valence-electron chi connectivity index (χ2n) is 4.75. The highest BCUT2D eigenvalue weighted by Crippen LogP contribution is 2.15. The van der Waals surface area contributed by atoms with E-state index >= 15 is 0 Å². The molecule has 2 aromatic carbocycles. The number of nitrogens with zero attached hydrogens (tertiary/aromatic N) is 2. The summed E-state index contributed by atoms with van der Waals surface area (Å²) in [6.07, 6.45) is 2.90. The molecule has 0 saturated carbocycles. The molecule has 0 fully saturated rings. The second-order valence-corrected chi connectivity index (χ2v) is 5.76. The van der Waals surface area contributed by atoms with Gasteiger partial charge in [0.2, 0.25) is 0 Å². The van der Waals surface area contributed by atoms with Gasteiger partial charge in [-0.15, -0.1) is 0 Å². The number of para-hydroxylation sites is 1. The highest BCUT2D eigenvalue weighted by Gasteiger charge is 2.02. The summed E-state index contributed by atoms with van der Waals surface area (Å²) < 4.78 is 16.0. The SMILES string of the molecule is Cn1c(=NC(=O)/C=C/c2cccc(F)c2)sc2ccccc21. The van der Waals surface area contributed by atoms with E-state index in [1.807, 2.05) is 35.9 Å². The Morgan fingerprint density at radius 2 is 2.05 bits per heavy atom. The molecule has 0 aliphatic heterocycles. The number of aromatic nitrogens is 1. The van der Waals surface area contributed by atoms with Crippen LogP contribution in [0.3, 0.4) is 0 Å². The molecule has 3 nitrogen and oxygen atoms in total. The molecule has 0 radical (unpaired) electrons. The molecule has 1 heterocycles. The number of carbonyl (C=O) groups excluding carboxylic acids is 1. The zero-order valence-electron chi connectivity index (χ0n) is 11.9. The average molecular weight is 312 g/mol. The van der Waals surface area contributed by atoms with Crippen molar-refractivity contribution in [3.05, 3.63) is 70.8 Å². The molecular formula is C17H13FN2OS. The van der Waals surface area contributed by atoms with Crippen LogP contribution in [0.15, 0.2) is 59.6 Å². The van der Waals surface area contributed by atoms with Crippen molar-refractivity contribution in [1.82, 2.24) is 4.57 Å². The fraction of sp³-hybridized carbons (Fsp3) is 0.0588. The van der Waals surface area contributed by atoms with Crippen molar-refractivity contribution in [3.63, 3.8) is 0 Å². The molecule has 110 valence electrons. The first-order valence-corrected chi connectivity index (χ1v) is 7.52. The van der Waals surface area contributed by atoms with Crippen molar-refractivity contribution < 1.29 is 9.18 Å². The van der Waals surface area contributed by atoms with Crippen LogP contribution in [0.1, 0.15) is 5.56 Å². The number of benzene rings is 2. The summed E-state index contributed by atoms with van der Waals surface area (Å²) in [6, 6.07) is 13.9. The zero-order valence-corrected chi connectivity index (χ0v) is 12.7. The quantitative estimate of drug-likeness (QED) is 0.667. The number of hydrogen-bond acceptors (Lipinski definition) is 2. The number of rotatable bonds is 2. The topological polar surface area (TPSA) is 34.4 Å². The van der Waals surface area contributed by atoms with Crippen molar-refractivity contribution in [2.45, 2.75) is 0 Å². The lowest BCUT2D eigenvalue weighted by atomic mass is 10.2. The minimum atomic E-state index is -0.369. The molecule has 3 aromatic rings. The molecule has 0 spiro atoms. The van der Waals surface area contributed by atoms with Crippen molar-refractivity contribution >= 4 is 33.5 Å². The maximum Gasteiger partial charge on any atom is 0.272 e. The van der Waals surface area contributed by atoms with Gasteiger partial charge in [-0.05, 0) is 35.9 Å². The second kappa shape index (κ2) is 6.07. The van der Waals surface area contributed by atoms with Crippen molar-refractivity contribution in [3.8, 4) is 0 Å². The minimum absolute atomic E-state index is 0.331. The lowest BCUT2D eigenvalue weighted by molar-refractivity contribution is -0.113. The van der Waals surface area contributed by atoms with Gasteiger partial charge < -0.3 is 4.57 Å². The van der Waals surface area contributed by atoms with Gasteiger partial charge in [-0.1, -0.05) is 35.6 Å². The van der Waals surface area contributed by atoms with Crippen LogP contribution in [0, 0.1) is 5.82 Å². The fourth-order valence-corrected chi connectivity index (χ4v) is 3.12. The summed E-state index contributed by atoms with van der Waals surface area (Å²) in [5.74, 6) is -0.700. The summed E-state index contributed by atoms with van der Waals surface area (Å²) >= 11 is 1.46. The van der Waals surface area contributed by atoms with E-state index in [9.17, 15) is 9.18 Å². The smallest absolute Gasteiger partial charge is 0.272 e. The van der Waals surface area contributed by atoms with Gasteiger partial charge in [0.25, 0.3) is 5.91 Å². The van der Waals surface area contributed by atoms with Gasteiger partial charge in [-0.25, -0.2) is 4.39 Å². The Balaban J connectivity index is 1.90. The predicted molar refractivity (Wildman–Crippen MR) is 86.8 cm³/mol. The molecule has 0 aliphatic rings. The van der Waals surface area contributed by atoms with Gasteiger partial charge >= 0.3 is 0 Å². The summed E-state index contributed by atoms with van der Waals surface area (Å²) in [6.45, 7) is 0. The maximum atomic E-state index is 13.1. The lowest BCUT2D eigenvalue weighted by Crippen LogP contribution is -2.12. The number of fused-ring (bicyclic) bond motifs is 1. The van der Waals surface area contributed by atoms with Gasteiger partial charge in [0.05, 0.1) is 10.2 Å². The number of aryl methyl sites for hydroxylation is 1. The van der Waals surface area contributed by atoms with Gasteiger partial charge in [-0.3, -0.25) is 4.79 Å². The largest absolute Gasteiger partial charge is 0.319 e. The molecule has 1 aromatic heterocycles. The highest BCUT2D eigenvalue weighted by molar-refractivity contribution is 7.16. The van der Waals surface area contributed by atoms with Gasteiger partial charge in [0.1, 0.15) is 5.82 Å². The van der Waals surface area contributed by atoms with E-state index in [4.69, 9.17) is 0 Å². The lowest BCUT2D eigenvalue weighted by Gasteiger charge is -1.93. The van der Waals surface area contributed by atoms with Gasteiger partial charge in [-0.2, -0.15) is 4.99 Å². The Hall–Kier alpha value is -2.53. The molecule has 3 rings (SSSR count). The van der Waals surface area contributed by atoms with Crippen LogP contribution in [-0.4, -0.2) is 10.5 Å². The summed E-state index contributed by atoms with van der Waals surface area (Å²) in [5.41, 5.74) is 1.66. The summed E-state index contributed by atoms with van der Waals surface area (Å²) in [5, 5.41) is 0. The van der Waals surface area contributed by atoms with Crippen molar-refractivity contribution in [1.29, 1.82) is 0 Å². The van der Waals surface area contributed by atoms with E-state index in [1.54, 1.807) is 18.2 Å². The Kier molecular flexibility index (Phi) is 3.98. The van der Waals surface area contributed by atoms with Crippen LogP contribution in [0.25, 0.3) is 16.3 Å². The van der Waals surface area contributed by atoms with Crippen LogP contribution in [0.4, 0.5) is 4.39 Å². The number of hydrogen-bond donors (Lipinski definition) is 0. The number of halogens is 1. The number of carbonyl (C=O) groups is 1. The Labute approximate surface area is 130 Å². The first-order valence-electron chi connectivity index (χ1n) is 6.70. The normalized spacial score (nSPS) is 12.4. The van der Waals surface area contributed by atoms with Gasteiger partial charge in [0.15, 0.2) is 4.80 Å². The van der Waals surface area contributed by atoms with E-state index < -0.39 is 0 Å². The monoisotopic (exact) mass is 312 g/mol. The Bertz CT molecular complexity index is 937. The standard InChI is InChI=1S/C17H13FN2OS/c1-20-14-7-2-3-8-15(14)22-17(20)19-16(21)10-9-12-5-4-6-13(18)11-12/h2-11H,1H3/b10-9+,19-17?. The maximum absolute atomic E-state index is 13.1. The van der Waals surface area contributed by atoms with E-state index in [2.05, 4.69) is 4.99 Å². The highest BCUT2D eigenvalue weighted by atomic mass is 32.1. The molecule has 0 N–H and O–H groups in total. The van der Waals surface area contributed by atoms with Crippen LogP contribution >= 0.6 is 11.3 Å². The molecule has 22 heavy (non-hydrogen) atoms. The molecule has 1 amide bonds. The molecule has 0 atom stereocenters. The van der Waals surface area contributed by atoms with Crippen molar-refractivity contribution in [2.24, 2.45) is 12.0 Å². The first kappa shape index (κ1) is 14.4. The third-order valence-electron chi connectivity index (χ3n) is 3.19. The molecule has 5 heteroatoms. The number of amides is 1. The Morgan fingerprint density at radius 1 is 1.23 bits per heavy atom. The zero-order chi connectivity index (χ0) is 15.5. The molecular weight excluding hydrogens is 299 g/mol. The molecule has 0 unspecified atom stereocenters. The van der Waals surface area contributed by atoms with E-state index in [1.165, 1.54) is 29.5 Å². The number of thiazole rings is 1. The fourth-order valence-electron chi connectivity index (χ4n) is 2.10. The third-order valence-corrected chi connectivity index (χ3v) is 4.30. The van der Waals surface area contributed by atoms with Crippen LogP contribution in [0.5, 0.6) is 0 Å². The van der Waals surface area contributed by atoms with E-state index in [0.717, 1.165) is 10.2 Å². The molecule has 0 bridgehead atoms. The average Bonchev–Trinajstić information content (AvgIpc) is 2.82. The minimum Gasteiger partial charge on any atom is -0.319 e. The van der Waals surface area contributed by atoms with E-state index in [-0.39, 0.29) is 11.7 Å². The van der Waals surface area contributed by atoms with Crippen LogP contribution < -0.4 is 4.80 Å². The third kappa shape index (κ3) is 3.04. The van der Waals surface area contributed by atoms with Crippen LogP contribution in [-0.2, 0) is 11.8 Å². The predicted octanol–water partition coefficient (Wildman–Crippen LogP) is 3.52. The molecule has 0 aliphatic carbocycles. The van der Waals surface area contributed by atoms with Gasteiger partial charge in [0, 0.05) is 13.1 Å².